The van der Waals surface area contributed by atoms with Crippen LogP contribution in [0.4, 0.5) is 11.5 Å². The number of para-hydroxylation sites is 1. The van der Waals surface area contributed by atoms with E-state index in [0.29, 0.717) is 11.6 Å². The number of likely N-dealkylation sites (tertiary alicyclic amines) is 1. The highest BCUT2D eigenvalue weighted by Crippen LogP contribution is 2.29. The smallest absolute Gasteiger partial charge is 0.169 e. The summed E-state index contributed by atoms with van der Waals surface area (Å²) in [5, 5.41) is 4.47. The minimum atomic E-state index is 0.504. The highest BCUT2D eigenvalue weighted by atomic mass is 32.2. The molecular formula is C27H29N5O2S. The Hall–Kier alpha value is -3.62. The third kappa shape index (κ3) is 6.29. The Kier molecular flexibility index (Phi) is 8.18. The van der Waals surface area contributed by atoms with E-state index in [4.69, 9.17) is 4.74 Å². The van der Waals surface area contributed by atoms with E-state index in [1.54, 1.807) is 19.5 Å². The molecule has 8 heteroatoms. The van der Waals surface area contributed by atoms with Crippen molar-refractivity contribution in [3.05, 3.63) is 84.2 Å². The maximum Gasteiger partial charge on any atom is 0.169 e. The number of anilines is 2. The van der Waals surface area contributed by atoms with E-state index in [0.717, 1.165) is 58.0 Å². The first kappa shape index (κ1) is 24.5. The summed E-state index contributed by atoms with van der Waals surface area (Å²) in [5.41, 5.74) is 3.72. The number of aldehydes is 1. The van der Waals surface area contributed by atoms with Gasteiger partial charge in [0, 0.05) is 42.1 Å². The van der Waals surface area contributed by atoms with Crippen LogP contribution < -0.4 is 14.8 Å². The lowest BCUT2D eigenvalue weighted by molar-refractivity contribution is 0.112. The van der Waals surface area contributed by atoms with Gasteiger partial charge in [-0.05, 0) is 73.9 Å². The first-order chi connectivity index (χ1) is 17.1. The van der Waals surface area contributed by atoms with Crippen molar-refractivity contribution in [3.8, 4) is 5.75 Å². The van der Waals surface area contributed by atoms with E-state index in [1.807, 2.05) is 55.5 Å². The summed E-state index contributed by atoms with van der Waals surface area (Å²) in [6.45, 7) is 4.12. The molecule has 1 aliphatic heterocycles. The number of hydrogen-bond donors (Lipinski definition) is 2. The highest BCUT2D eigenvalue weighted by Gasteiger charge is 2.23. The van der Waals surface area contributed by atoms with Crippen molar-refractivity contribution in [1.29, 1.82) is 0 Å². The van der Waals surface area contributed by atoms with Gasteiger partial charge < -0.3 is 19.7 Å². The van der Waals surface area contributed by atoms with Gasteiger partial charge in [0.05, 0.1) is 23.6 Å². The molecule has 1 saturated heterocycles. The van der Waals surface area contributed by atoms with Crippen LogP contribution in [0.2, 0.25) is 0 Å². The SMILES string of the molecule is COc1cccnc1NC1CN(C)C1.Cc1cc(C=O)ccc1NSc1cccc2cccnc12. The number of pyridine rings is 2. The Labute approximate surface area is 210 Å². The highest BCUT2D eigenvalue weighted by molar-refractivity contribution is 8.00. The quantitative estimate of drug-likeness (QED) is 0.269. The van der Waals surface area contributed by atoms with Gasteiger partial charge in [-0.15, -0.1) is 0 Å². The normalized spacial score (nSPS) is 13.3. The van der Waals surface area contributed by atoms with Gasteiger partial charge in [0.25, 0.3) is 0 Å². The van der Waals surface area contributed by atoms with E-state index in [-0.39, 0.29) is 0 Å². The second-order valence-electron chi connectivity index (χ2n) is 8.34. The molecule has 7 nitrogen and oxygen atoms in total. The zero-order valence-corrected chi connectivity index (χ0v) is 20.9. The van der Waals surface area contributed by atoms with E-state index >= 15 is 0 Å². The number of ether oxygens (including phenoxy) is 1. The maximum absolute atomic E-state index is 10.8. The lowest BCUT2D eigenvalue weighted by atomic mass is 10.1. The van der Waals surface area contributed by atoms with Gasteiger partial charge in [-0.3, -0.25) is 9.78 Å². The molecule has 0 spiro atoms. The number of aromatic nitrogens is 2. The predicted octanol–water partition coefficient (Wildman–Crippen LogP) is 5.29. The van der Waals surface area contributed by atoms with E-state index < -0.39 is 0 Å². The average molecular weight is 488 g/mol. The maximum atomic E-state index is 10.8. The molecule has 0 radical (unpaired) electrons. The third-order valence-corrected chi connectivity index (χ3v) is 6.52. The molecule has 2 N–H and O–H groups in total. The van der Waals surface area contributed by atoms with Crippen LogP contribution in [-0.4, -0.2) is 54.4 Å². The van der Waals surface area contributed by atoms with Crippen LogP contribution in [0.15, 0.2) is 78.0 Å². The number of likely N-dealkylation sites (N-methyl/N-ethyl adjacent to an activating group) is 1. The lowest BCUT2D eigenvalue weighted by Crippen LogP contribution is -2.52. The zero-order valence-electron chi connectivity index (χ0n) is 20.1. The van der Waals surface area contributed by atoms with Gasteiger partial charge in [0.1, 0.15) is 6.29 Å². The topological polar surface area (TPSA) is 79.4 Å². The molecule has 0 saturated carbocycles. The van der Waals surface area contributed by atoms with Crippen molar-refractivity contribution in [2.45, 2.75) is 17.9 Å². The Morgan fingerprint density at radius 1 is 1.06 bits per heavy atom. The number of methoxy groups -OCH3 is 1. The summed E-state index contributed by atoms with van der Waals surface area (Å²) in [4.78, 5) is 22.8. The number of rotatable bonds is 7. The van der Waals surface area contributed by atoms with Gasteiger partial charge in [-0.25, -0.2) is 4.98 Å². The molecular weight excluding hydrogens is 458 g/mol. The average Bonchev–Trinajstić information content (AvgIpc) is 2.87. The number of carbonyl (C=O) groups is 1. The molecule has 2 aromatic carbocycles. The van der Waals surface area contributed by atoms with Gasteiger partial charge in [-0.1, -0.05) is 18.2 Å². The van der Waals surface area contributed by atoms with Crippen LogP contribution in [0, 0.1) is 6.92 Å². The van der Waals surface area contributed by atoms with Crippen LogP contribution in [0.3, 0.4) is 0 Å². The number of hydrogen-bond acceptors (Lipinski definition) is 8. The number of benzene rings is 2. The summed E-state index contributed by atoms with van der Waals surface area (Å²) in [6, 6.07) is 20.0. The fourth-order valence-corrected chi connectivity index (χ4v) is 4.65. The van der Waals surface area contributed by atoms with Crippen molar-refractivity contribution in [1.82, 2.24) is 14.9 Å². The predicted molar refractivity (Wildman–Crippen MR) is 143 cm³/mol. The minimum Gasteiger partial charge on any atom is -0.493 e. The number of carbonyl (C=O) groups excluding carboxylic acids is 1. The molecule has 0 unspecified atom stereocenters. The largest absolute Gasteiger partial charge is 0.493 e. The van der Waals surface area contributed by atoms with E-state index in [2.05, 4.69) is 44.1 Å². The van der Waals surface area contributed by atoms with Gasteiger partial charge in [0.2, 0.25) is 0 Å². The molecule has 180 valence electrons. The fraction of sp³-hybridized carbons (Fsp3) is 0.222. The van der Waals surface area contributed by atoms with E-state index in [9.17, 15) is 4.79 Å². The van der Waals surface area contributed by atoms with Crippen LogP contribution >= 0.6 is 11.9 Å². The van der Waals surface area contributed by atoms with Gasteiger partial charge in [0.15, 0.2) is 11.6 Å². The van der Waals surface area contributed by atoms with Crippen LogP contribution in [0.5, 0.6) is 5.75 Å². The van der Waals surface area contributed by atoms with Crippen LogP contribution in [0.1, 0.15) is 15.9 Å². The molecule has 3 heterocycles. The molecule has 1 fully saturated rings. The Morgan fingerprint density at radius 3 is 2.57 bits per heavy atom. The van der Waals surface area contributed by atoms with Gasteiger partial charge in [-0.2, -0.15) is 0 Å². The monoisotopic (exact) mass is 487 g/mol. The molecule has 0 atom stereocenters. The van der Waals surface area contributed by atoms with Gasteiger partial charge >= 0.3 is 0 Å². The minimum absolute atomic E-state index is 0.504. The Bertz CT molecular complexity index is 1290. The first-order valence-electron chi connectivity index (χ1n) is 11.3. The Morgan fingerprint density at radius 2 is 1.83 bits per heavy atom. The molecule has 0 amide bonds. The van der Waals surface area contributed by atoms with Crippen molar-refractivity contribution in [2.75, 3.05) is 37.3 Å². The molecule has 35 heavy (non-hydrogen) atoms. The fourth-order valence-electron chi connectivity index (χ4n) is 3.79. The van der Waals surface area contributed by atoms with Crippen molar-refractivity contribution in [3.63, 3.8) is 0 Å². The molecule has 0 aliphatic carbocycles. The molecule has 4 aromatic rings. The second kappa shape index (κ2) is 11.7. The summed E-state index contributed by atoms with van der Waals surface area (Å²) >= 11 is 1.53. The second-order valence-corrected chi connectivity index (χ2v) is 9.19. The van der Waals surface area contributed by atoms with Crippen molar-refractivity contribution >= 4 is 40.6 Å². The summed E-state index contributed by atoms with van der Waals surface area (Å²) in [5.74, 6) is 1.65. The number of aryl methyl sites for hydroxylation is 1. The first-order valence-corrected chi connectivity index (χ1v) is 12.2. The standard InChI is InChI=1S/C17H14N2OS.C10H15N3O/c1-12-10-13(11-20)7-8-15(12)19-21-16-6-2-4-14-5-3-9-18-17(14)16;1-13-6-8(7-13)12-10-9(14-2)4-3-5-11-10/h2-11,19H,1H3;3-5,8H,6-7H2,1-2H3,(H,11,12). The van der Waals surface area contributed by atoms with E-state index in [1.165, 1.54) is 11.9 Å². The molecule has 0 bridgehead atoms. The molecule has 2 aromatic heterocycles. The summed E-state index contributed by atoms with van der Waals surface area (Å²) in [6.07, 6.45) is 4.43. The van der Waals surface area contributed by atoms with Crippen LogP contribution in [-0.2, 0) is 0 Å². The summed E-state index contributed by atoms with van der Waals surface area (Å²) < 4.78 is 8.54. The van der Waals surface area contributed by atoms with Crippen molar-refractivity contribution < 1.29 is 9.53 Å². The lowest BCUT2D eigenvalue weighted by Gasteiger charge is -2.37. The number of nitrogens with zero attached hydrogens (tertiary/aromatic N) is 3. The zero-order chi connectivity index (χ0) is 24.6. The Balaban J connectivity index is 0.000000179. The molecule has 1 aliphatic rings. The van der Waals surface area contributed by atoms with Crippen LogP contribution in [0.25, 0.3) is 10.9 Å². The molecule has 5 rings (SSSR count). The number of nitrogens with one attached hydrogen (secondary N) is 2. The number of fused-ring (bicyclic) bond motifs is 1. The third-order valence-electron chi connectivity index (χ3n) is 5.65. The summed E-state index contributed by atoms with van der Waals surface area (Å²) in [7, 11) is 3.77. The van der Waals surface area contributed by atoms with Crippen molar-refractivity contribution in [2.24, 2.45) is 0 Å².